The fourth-order valence-electron chi connectivity index (χ4n) is 2.19. The maximum Gasteiger partial charge on any atom is 0.241 e. The molecule has 2 N–H and O–H groups in total. The third-order valence-corrected chi connectivity index (χ3v) is 3.25. The SMILES string of the molecule is CCCN(CC(=O)N(C)C)c1c(N)c(C(C)C)nn1C. The Bertz CT molecular complexity index is 464. The summed E-state index contributed by atoms with van der Waals surface area (Å²) in [6.07, 6.45) is 0.947. The number of nitrogen functional groups attached to an aromatic ring is 1. The van der Waals surface area contributed by atoms with Crippen molar-refractivity contribution in [3.8, 4) is 0 Å². The van der Waals surface area contributed by atoms with Crippen LogP contribution in [0, 0.1) is 0 Å². The minimum Gasteiger partial charge on any atom is -0.394 e. The molecule has 0 radical (unpaired) electrons. The van der Waals surface area contributed by atoms with Crippen LogP contribution < -0.4 is 10.6 Å². The lowest BCUT2D eigenvalue weighted by Crippen LogP contribution is -2.38. The molecule has 1 aromatic rings. The molecule has 0 unspecified atom stereocenters. The van der Waals surface area contributed by atoms with Crippen molar-refractivity contribution in [2.45, 2.75) is 33.1 Å². The van der Waals surface area contributed by atoms with Gasteiger partial charge >= 0.3 is 0 Å². The van der Waals surface area contributed by atoms with Gasteiger partial charge in [-0.25, -0.2) is 0 Å². The molecule has 0 saturated heterocycles. The molecule has 6 heteroatoms. The van der Waals surface area contributed by atoms with E-state index in [2.05, 4.69) is 25.9 Å². The van der Waals surface area contributed by atoms with Gasteiger partial charge in [0.2, 0.25) is 5.91 Å². The number of aryl methyl sites for hydroxylation is 1. The minimum atomic E-state index is 0.0603. The Morgan fingerprint density at radius 2 is 2.00 bits per heavy atom. The van der Waals surface area contributed by atoms with Crippen LogP contribution in [0.2, 0.25) is 0 Å². The van der Waals surface area contributed by atoms with E-state index in [1.165, 1.54) is 0 Å². The van der Waals surface area contributed by atoms with Crippen LogP contribution in [0.5, 0.6) is 0 Å². The first-order valence-electron chi connectivity index (χ1n) is 7.07. The highest BCUT2D eigenvalue weighted by atomic mass is 16.2. The quantitative estimate of drug-likeness (QED) is 0.856. The van der Waals surface area contributed by atoms with Crippen LogP contribution in [0.1, 0.15) is 38.8 Å². The van der Waals surface area contributed by atoms with E-state index >= 15 is 0 Å². The summed E-state index contributed by atoms with van der Waals surface area (Å²) in [4.78, 5) is 15.6. The van der Waals surface area contributed by atoms with Crippen LogP contribution in [-0.2, 0) is 11.8 Å². The number of nitrogens with two attached hydrogens (primary N) is 1. The molecule has 0 aliphatic carbocycles. The Hall–Kier alpha value is -1.72. The molecule has 6 nitrogen and oxygen atoms in total. The monoisotopic (exact) mass is 281 g/mol. The third kappa shape index (κ3) is 3.43. The van der Waals surface area contributed by atoms with Gasteiger partial charge in [0.1, 0.15) is 0 Å². The van der Waals surface area contributed by atoms with Crippen molar-refractivity contribution in [1.29, 1.82) is 0 Å². The number of rotatable bonds is 6. The zero-order valence-electron chi connectivity index (χ0n) is 13.5. The molecule has 1 aromatic heterocycles. The number of hydrogen-bond donors (Lipinski definition) is 1. The number of amides is 1. The highest BCUT2D eigenvalue weighted by molar-refractivity contribution is 5.82. The summed E-state index contributed by atoms with van der Waals surface area (Å²) in [6.45, 7) is 7.32. The van der Waals surface area contributed by atoms with E-state index in [4.69, 9.17) is 5.73 Å². The maximum absolute atomic E-state index is 12.0. The Labute approximate surface area is 121 Å². The molecule has 0 aromatic carbocycles. The van der Waals surface area contributed by atoms with Crippen LogP contribution in [0.4, 0.5) is 11.5 Å². The predicted octanol–water partition coefficient (Wildman–Crippen LogP) is 1.43. The summed E-state index contributed by atoms with van der Waals surface area (Å²) in [7, 11) is 5.40. The highest BCUT2D eigenvalue weighted by Gasteiger charge is 2.22. The topological polar surface area (TPSA) is 67.4 Å². The molecule has 114 valence electrons. The first kappa shape index (κ1) is 16.3. The third-order valence-electron chi connectivity index (χ3n) is 3.25. The van der Waals surface area contributed by atoms with Crippen LogP contribution in [-0.4, -0.2) is 47.8 Å². The normalized spacial score (nSPS) is 10.9. The van der Waals surface area contributed by atoms with E-state index in [1.54, 1.807) is 23.7 Å². The average molecular weight is 281 g/mol. The van der Waals surface area contributed by atoms with Crippen molar-refractivity contribution in [1.82, 2.24) is 14.7 Å². The Balaban J connectivity index is 3.12. The fourth-order valence-corrected chi connectivity index (χ4v) is 2.19. The van der Waals surface area contributed by atoms with Crippen molar-refractivity contribution in [2.75, 3.05) is 37.8 Å². The van der Waals surface area contributed by atoms with Crippen molar-refractivity contribution in [3.63, 3.8) is 0 Å². The molecule has 0 aliphatic heterocycles. The lowest BCUT2D eigenvalue weighted by atomic mass is 10.1. The first-order valence-corrected chi connectivity index (χ1v) is 7.07. The van der Waals surface area contributed by atoms with E-state index in [0.717, 1.165) is 24.5 Å². The van der Waals surface area contributed by atoms with E-state index in [-0.39, 0.29) is 11.8 Å². The van der Waals surface area contributed by atoms with Crippen LogP contribution >= 0.6 is 0 Å². The number of aromatic nitrogens is 2. The minimum absolute atomic E-state index is 0.0603. The number of carbonyl (C=O) groups is 1. The van der Waals surface area contributed by atoms with Gasteiger partial charge in [-0.3, -0.25) is 9.48 Å². The zero-order chi connectivity index (χ0) is 15.4. The summed E-state index contributed by atoms with van der Waals surface area (Å²) in [6, 6.07) is 0. The molecule has 1 heterocycles. The van der Waals surface area contributed by atoms with Crippen molar-refractivity contribution in [2.24, 2.45) is 7.05 Å². The lowest BCUT2D eigenvalue weighted by molar-refractivity contribution is -0.127. The highest BCUT2D eigenvalue weighted by Crippen LogP contribution is 2.30. The number of nitrogens with zero attached hydrogens (tertiary/aromatic N) is 4. The van der Waals surface area contributed by atoms with Gasteiger partial charge in [-0.15, -0.1) is 0 Å². The van der Waals surface area contributed by atoms with Crippen molar-refractivity contribution < 1.29 is 4.79 Å². The Morgan fingerprint density at radius 3 is 2.40 bits per heavy atom. The zero-order valence-corrected chi connectivity index (χ0v) is 13.5. The number of anilines is 2. The summed E-state index contributed by atoms with van der Waals surface area (Å²) in [5, 5.41) is 4.49. The molecular formula is C14H27N5O. The second kappa shape index (κ2) is 6.63. The van der Waals surface area contributed by atoms with Gasteiger partial charge < -0.3 is 15.5 Å². The van der Waals surface area contributed by atoms with Crippen molar-refractivity contribution >= 4 is 17.4 Å². The summed E-state index contributed by atoms with van der Waals surface area (Å²) in [5.41, 5.74) is 7.81. The second-order valence-corrected chi connectivity index (χ2v) is 5.61. The van der Waals surface area contributed by atoms with E-state index in [0.29, 0.717) is 12.2 Å². The van der Waals surface area contributed by atoms with E-state index in [9.17, 15) is 4.79 Å². The predicted molar refractivity (Wildman–Crippen MR) is 82.9 cm³/mol. The molecule has 0 atom stereocenters. The fraction of sp³-hybridized carbons (Fsp3) is 0.714. The lowest BCUT2D eigenvalue weighted by Gasteiger charge is -2.25. The van der Waals surface area contributed by atoms with Gasteiger partial charge in [0.15, 0.2) is 5.82 Å². The number of hydrogen-bond acceptors (Lipinski definition) is 4. The van der Waals surface area contributed by atoms with E-state index < -0.39 is 0 Å². The number of carbonyl (C=O) groups excluding carboxylic acids is 1. The molecule has 0 bridgehead atoms. The summed E-state index contributed by atoms with van der Waals surface area (Å²) < 4.78 is 1.78. The van der Waals surface area contributed by atoms with Crippen LogP contribution in [0.3, 0.4) is 0 Å². The molecule has 0 fully saturated rings. The van der Waals surface area contributed by atoms with Gasteiger partial charge in [0.05, 0.1) is 17.9 Å². The van der Waals surface area contributed by atoms with Gasteiger partial charge in [-0.05, 0) is 12.3 Å². The van der Waals surface area contributed by atoms with Gasteiger partial charge in [0.25, 0.3) is 0 Å². The first-order chi connectivity index (χ1) is 9.29. The largest absolute Gasteiger partial charge is 0.394 e. The van der Waals surface area contributed by atoms with Crippen molar-refractivity contribution in [3.05, 3.63) is 5.69 Å². The standard InChI is InChI=1S/C14H27N5O/c1-7-8-19(9-11(20)17(4)5)14-12(15)13(10(2)3)16-18(14)6/h10H,7-9,15H2,1-6H3. The average Bonchev–Trinajstić information content (AvgIpc) is 2.64. The Morgan fingerprint density at radius 1 is 1.40 bits per heavy atom. The van der Waals surface area contributed by atoms with E-state index in [1.807, 2.05) is 11.9 Å². The molecular weight excluding hydrogens is 254 g/mol. The smallest absolute Gasteiger partial charge is 0.241 e. The molecule has 1 amide bonds. The van der Waals surface area contributed by atoms with Gasteiger partial charge in [-0.2, -0.15) is 5.10 Å². The molecule has 0 aliphatic rings. The molecule has 0 saturated carbocycles. The number of likely N-dealkylation sites (N-methyl/N-ethyl adjacent to an activating group) is 1. The molecule has 20 heavy (non-hydrogen) atoms. The van der Waals surface area contributed by atoms with Gasteiger partial charge in [0, 0.05) is 27.7 Å². The van der Waals surface area contributed by atoms with Crippen LogP contribution in [0.25, 0.3) is 0 Å². The summed E-state index contributed by atoms with van der Waals surface area (Å²) >= 11 is 0. The Kier molecular flexibility index (Phi) is 5.42. The van der Waals surface area contributed by atoms with Gasteiger partial charge in [-0.1, -0.05) is 20.8 Å². The second-order valence-electron chi connectivity index (χ2n) is 5.61. The molecule has 1 rings (SSSR count). The summed E-state index contributed by atoms with van der Waals surface area (Å²) in [5.74, 6) is 1.17. The van der Waals surface area contributed by atoms with Crippen LogP contribution in [0.15, 0.2) is 0 Å². The maximum atomic E-state index is 12.0. The molecule has 0 spiro atoms.